The van der Waals surface area contributed by atoms with Crippen molar-refractivity contribution in [2.75, 3.05) is 18.6 Å². The Morgan fingerprint density at radius 2 is 1.86 bits per heavy atom. The van der Waals surface area contributed by atoms with E-state index in [-0.39, 0.29) is 16.6 Å². The van der Waals surface area contributed by atoms with Crippen molar-refractivity contribution in [3.05, 3.63) is 29.8 Å². The van der Waals surface area contributed by atoms with E-state index in [0.29, 0.717) is 23.2 Å². The molecule has 0 heterocycles. The Kier molecular flexibility index (Phi) is 5.53. The Bertz CT molecular complexity index is 853. The molecule has 4 aliphatic carbocycles. The van der Waals surface area contributed by atoms with Gasteiger partial charge < -0.3 is 5.73 Å². The first-order valence-electron chi connectivity index (χ1n) is 9.76. The summed E-state index contributed by atoms with van der Waals surface area (Å²) in [6.45, 7) is 0.669. The number of benzene rings is 1. The largest absolute Gasteiger partial charge is 0.387 e. The molecule has 154 valence electrons. The van der Waals surface area contributed by atoms with Gasteiger partial charge in [-0.2, -0.15) is 8.42 Å². The molecule has 4 aliphatic rings. The summed E-state index contributed by atoms with van der Waals surface area (Å²) in [5, 5.41) is 0. The lowest BCUT2D eigenvalue weighted by Crippen LogP contribution is -2.55. The predicted molar refractivity (Wildman–Crippen MR) is 118 cm³/mol. The smallest absolute Gasteiger partial charge is 0.320 e. The molecule has 5 rings (SSSR count). The zero-order valence-electron chi connectivity index (χ0n) is 16.1. The van der Waals surface area contributed by atoms with Gasteiger partial charge in [-0.05, 0) is 85.1 Å². The lowest BCUT2D eigenvalue weighted by molar-refractivity contribution is -0.0664. The van der Waals surface area contributed by atoms with E-state index in [9.17, 15) is 8.42 Å². The monoisotopic (exact) mass is 440 g/mol. The number of amidine groups is 1. The highest BCUT2D eigenvalue weighted by atomic mass is 33.1. The molecule has 0 saturated heterocycles. The summed E-state index contributed by atoms with van der Waals surface area (Å²) >= 11 is 1.78. The molecule has 8 heteroatoms. The van der Waals surface area contributed by atoms with Crippen molar-refractivity contribution < 1.29 is 13.0 Å². The normalized spacial score (nSPS) is 34.7. The Balaban J connectivity index is 1.54. The summed E-state index contributed by atoms with van der Waals surface area (Å²) in [6.07, 6.45) is 9.56. The van der Waals surface area contributed by atoms with E-state index >= 15 is 0 Å². The molecule has 0 aromatic heterocycles. The van der Waals surface area contributed by atoms with Gasteiger partial charge in [-0.3, -0.25) is 9.55 Å². The van der Waals surface area contributed by atoms with Crippen LogP contribution in [0.2, 0.25) is 0 Å². The molecule has 5 nitrogen and oxygen atoms in total. The third-order valence-electron chi connectivity index (χ3n) is 6.86. The number of rotatable bonds is 7. The summed E-state index contributed by atoms with van der Waals surface area (Å²) in [4.78, 5) is 5.87. The van der Waals surface area contributed by atoms with E-state index in [1.165, 1.54) is 42.6 Å². The predicted octanol–water partition coefficient (Wildman–Crippen LogP) is 4.14. The fourth-order valence-corrected chi connectivity index (χ4v) is 7.95. The van der Waals surface area contributed by atoms with Crippen molar-refractivity contribution in [1.29, 1.82) is 0 Å². The molecule has 3 N–H and O–H groups in total. The number of aliphatic imine (C=N–C) groups is 1. The molecule has 0 spiro atoms. The summed E-state index contributed by atoms with van der Waals surface area (Å²) < 4.78 is 30.7. The van der Waals surface area contributed by atoms with Crippen molar-refractivity contribution in [3.8, 4) is 0 Å². The highest BCUT2D eigenvalue weighted by Gasteiger charge is 2.57. The second kappa shape index (κ2) is 7.52. The quantitative estimate of drug-likeness (QED) is 0.218. The van der Waals surface area contributed by atoms with Gasteiger partial charge in [-0.25, -0.2) is 0 Å². The highest BCUT2D eigenvalue weighted by Crippen LogP contribution is 2.65. The zero-order valence-corrected chi connectivity index (χ0v) is 18.6. The van der Waals surface area contributed by atoms with Crippen LogP contribution < -0.4 is 5.73 Å². The molecule has 1 aromatic carbocycles. The van der Waals surface area contributed by atoms with Crippen LogP contribution in [0.25, 0.3) is 0 Å². The standard InChI is InChI=1S/C20H28N2O3S3/c1-26-17-4-2-16(3-5-17)20-9-14-6-15(10-20)8-19(7-14,12-20)13-22-18(21)11-27-28(23,24)25/h2-5,14-15H,6-13H2,1H3,(H2,21,22)(H,23,24,25). The van der Waals surface area contributed by atoms with Crippen LogP contribution in [0.3, 0.4) is 0 Å². The number of nitrogens with two attached hydrogens (primary N) is 1. The lowest BCUT2D eigenvalue weighted by Gasteiger charge is -2.62. The second-order valence-corrected chi connectivity index (χ2v) is 13.2. The minimum Gasteiger partial charge on any atom is -0.387 e. The molecule has 0 amide bonds. The molecule has 2 unspecified atom stereocenters. The van der Waals surface area contributed by atoms with Crippen molar-refractivity contribution in [3.63, 3.8) is 0 Å². The summed E-state index contributed by atoms with van der Waals surface area (Å²) in [5.74, 6) is 1.83. The van der Waals surface area contributed by atoms with Crippen molar-refractivity contribution in [1.82, 2.24) is 0 Å². The summed E-state index contributed by atoms with van der Waals surface area (Å²) in [6, 6.07) is 9.14. The topological polar surface area (TPSA) is 92.8 Å². The first kappa shape index (κ1) is 20.6. The van der Waals surface area contributed by atoms with E-state index in [4.69, 9.17) is 10.3 Å². The minimum atomic E-state index is -4.08. The Morgan fingerprint density at radius 3 is 2.43 bits per heavy atom. The van der Waals surface area contributed by atoms with Crippen LogP contribution in [-0.2, 0) is 14.6 Å². The Labute approximate surface area is 175 Å². The number of hydrogen-bond donors (Lipinski definition) is 2. The molecule has 0 aliphatic heterocycles. The first-order valence-corrected chi connectivity index (χ1v) is 13.9. The molecule has 4 bridgehead atoms. The SMILES string of the molecule is CSc1ccc(C23CC4CC(CC(CN=C(N)CSS(=O)(=O)O)(C4)C2)C3)cc1. The van der Waals surface area contributed by atoms with E-state index in [0.717, 1.165) is 18.3 Å². The van der Waals surface area contributed by atoms with Crippen LogP contribution in [0.1, 0.15) is 44.1 Å². The molecule has 4 fully saturated rings. The molecule has 0 radical (unpaired) electrons. The van der Waals surface area contributed by atoms with Crippen LogP contribution in [0.4, 0.5) is 0 Å². The van der Waals surface area contributed by atoms with Gasteiger partial charge in [0.05, 0.1) is 5.75 Å². The van der Waals surface area contributed by atoms with Crippen molar-refractivity contribution in [2.45, 2.75) is 48.8 Å². The van der Waals surface area contributed by atoms with Crippen molar-refractivity contribution in [2.24, 2.45) is 28.0 Å². The summed E-state index contributed by atoms with van der Waals surface area (Å²) in [7, 11) is -3.65. The third-order valence-corrected chi connectivity index (χ3v) is 9.56. The van der Waals surface area contributed by atoms with Gasteiger partial charge in [0.2, 0.25) is 0 Å². The third kappa shape index (κ3) is 4.25. The number of thioether (sulfide) groups is 1. The molecular formula is C20H28N2O3S3. The van der Waals surface area contributed by atoms with E-state index in [1.54, 1.807) is 11.8 Å². The number of nitrogens with zero attached hydrogens (tertiary/aromatic N) is 1. The van der Waals surface area contributed by atoms with Crippen LogP contribution >= 0.6 is 22.6 Å². The lowest BCUT2D eigenvalue weighted by atomic mass is 9.43. The molecule has 2 atom stereocenters. The fourth-order valence-electron chi connectivity index (χ4n) is 6.37. The minimum absolute atomic E-state index is 0.0169. The van der Waals surface area contributed by atoms with Gasteiger partial charge in [0.25, 0.3) is 0 Å². The number of hydrogen-bond acceptors (Lipinski definition) is 5. The first-order chi connectivity index (χ1) is 13.2. The van der Waals surface area contributed by atoms with Gasteiger partial charge in [0.1, 0.15) is 5.84 Å². The van der Waals surface area contributed by atoms with Crippen LogP contribution in [0.15, 0.2) is 34.2 Å². The fraction of sp³-hybridized carbons (Fsp3) is 0.650. The maximum atomic E-state index is 10.9. The summed E-state index contributed by atoms with van der Waals surface area (Å²) in [5.41, 5.74) is 7.85. The van der Waals surface area contributed by atoms with Gasteiger partial charge in [-0.1, -0.05) is 12.1 Å². The molecule has 1 aromatic rings. The van der Waals surface area contributed by atoms with Gasteiger partial charge in [-0.15, -0.1) is 11.8 Å². The van der Waals surface area contributed by atoms with E-state index < -0.39 is 9.15 Å². The Hall–Kier alpha value is -0.700. The van der Waals surface area contributed by atoms with E-state index in [1.807, 2.05) is 0 Å². The molecule has 28 heavy (non-hydrogen) atoms. The Morgan fingerprint density at radius 1 is 1.21 bits per heavy atom. The van der Waals surface area contributed by atoms with Crippen LogP contribution in [0, 0.1) is 17.3 Å². The van der Waals surface area contributed by atoms with Crippen LogP contribution in [0.5, 0.6) is 0 Å². The van der Waals surface area contributed by atoms with E-state index in [2.05, 4.69) is 35.5 Å². The van der Waals surface area contributed by atoms with Crippen molar-refractivity contribution >= 4 is 37.5 Å². The van der Waals surface area contributed by atoms with Gasteiger partial charge in [0, 0.05) is 22.2 Å². The average molecular weight is 441 g/mol. The van der Waals surface area contributed by atoms with Gasteiger partial charge >= 0.3 is 9.15 Å². The average Bonchev–Trinajstić information content (AvgIpc) is 2.63. The highest BCUT2D eigenvalue weighted by molar-refractivity contribution is 8.70. The maximum absolute atomic E-state index is 10.9. The molecular weight excluding hydrogens is 412 g/mol. The molecule has 4 saturated carbocycles. The van der Waals surface area contributed by atoms with Crippen LogP contribution in [-0.4, -0.2) is 37.4 Å². The van der Waals surface area contributed by atoms with Gasteiger partial charge in [0.15, 0.2) is 0 Å². The maximum Gasteiger partial charge on any atom is 0.320 e. The zero-order chi connectivity index (χ0) is 20.0. The second-order valence-electron chi connectivity index (χ2n) is 8.97.